The molecular weight excluding hydrogens is 524 g/mol. The van der Waals surface area contributed by atoms with E-state index >= 15 is 0 Å². The van der Waals surface area contributed by atoms with Crippen LogP contribution < -0.4 is 24.4 Å². The van der Waals surface area contributed by atoms with Crippen LogP contribution in [0.5, 0.6) is 11.5 Å². The molecule has 0 aliphatic carbocycles. The van der Waals surface area contributed by atoms with Crippen molar-refractivity contribution in [1.82, 2.24) is 24.9 Å². The van der Waals surface area contributed by atoms with E-state index in [1.54, 1.807) is 22.8 Å². The van der Waals surface area contributed by atoms with Gasteiger partial charge < -0.3 is 19.7 Å². The SMILES string of the molecule is CN1C(=O)CCCCn2n[n+](-c3ccc4c(c3)NC(=O)CCCCn3nncc3CO4)cc2COc2ccccc21. The lowest BCUT2D eigenvalue weighted by Crippen LogP contribution is -2.33. The topological polar surface area (TPSA) is 120 Å². The molecule has 1 N–H and O–H groups in total. The van der Waals surface area contributed by atoms with Gasteiger partial charge in [0, 0.05) is 32.5 Å². The highest BCUT2D eigenvalue weighted by Gasteiger charge is 2.23. The van der Waals surface area contributed by atoms with Gasteiger partial charge in [-0.3, -0.25) is 9.59 Å². The van der Waals surface area contributed by atoms with Crippen LogP contribution in [0, 0.1) is 0 Å². The summed E-state index contributed by atoms with van der Waals surface area (Å²) in [6.45, 7) is 1.92. The van der Waals surface area contributed by atoms with E-state index in [1.807, 2.05) is 58.0 Å². The standard InChI is InChI=1S/C29H32N8O4/c1-34-25-8-2-3-9-27(25)41-20-23-18-37(33-36(23)15-7-5-11-29(34)39)21-12-13-26-24(16-21)31-28(38)10-4-6-14-35-22(19-40-26)17-30-32-35/h2-3,8-9,12-13,16-18H,4-7,10-11,14-15,19-20H2,1H3/p+1. The summed E-state index contributed by atoms with van der Waals surface area (Å²) in [6.07, 6.45) is 7.61. The second kappa shape index (κ2) is 11.8. The van der Waals surface area contributed by atoms with E-state index in [4.69, 9.17) is 14.7 Å². The molecule has 2 aliphatic heterocycles. The number of hydrogen-bond donors (Lipinski definition) is 1. The van der Waals surface area contributed by atoms with Crippen LogP contribution in [-0.4, -0.2) is 43.8 Å². The Bertz CT molecular complexity index is 1560. The van der Waals surface area contributed by atoms with Crippen LogP contribution in [0.2, 0.25) is 0 Å². The Balaban J connectivity index is 1.29. The average Bonchev–Trinajstić information content (AvgIpc) is 3.61. The molecular formula is C29H33N8O4+. The van der Waals surface area contributed by atoms with E-state index in [0.717, 1.165) is 48.4 Å². The Morgan fingerprint density at radius 1 is 0.878 bits per heavy atom. The van der Waals surface area contributed by atoms with Crippen molar-refractivity contribution in [2.24, 2.45) is 0 Å². The van der Waals surface area contributed by atoms with Crippen LogP contribution in [0.1, 0.15) is 49.9 Å². The number of para-hydroxylation sites is 2. The summed E-state index contributed by atoms with van der Waals surface area (Å²) in [5.41, 5.74) is 3.86. The van der Waals surface area contributed by atoms with E-state index in [1.165, 1.54) is 0 Å². The van der Waals surface area contributed by atoms with Gasteiger partial charge >= 0.3 is 0 Å². The van der Waals surface area contributed by atoms with Crippen LogP contribution in [0.15, 0.2) is 54.9 Å². The quantitative estimate of drug-likeness (QED) is 0.357. The maximum Gasteiger partial charge on any atom is 0.226 e. The van der Waals surface area contributed by atoms with Crippen molar-refractivity contribution in [3.8, 4) is 17.2 Å². The molecule has 4 heterocycles. The molecule has 2 amide bonds. The van der Waals surface area contributed by atoms with Gasteiger partial charge in [0.1, 0.15) is 24.7 Å². The summed E-state index contributed by atoms with van der Waals surface area (Å²) in [4.78, 5) is 27.1. The van der Waals surface area contributed by atoms with Crippen molar-refractivity contribution in [2.75, 3.05) is 17.3 Å². The number of carbonyl (C=O) groups excluding carboxylic acids is 2. The van der Waals surface area contributed by atoms with Gasteiger partial charge in [-0.05, 0) is 49.9 Å². The van der Waals surface area contributed by atoms with Crippen LogP contribution in [-0.2, 0) is 35.9 Å². The van der Waals surface area contributed by atoms with Gasteiger partial charge in [0.25, 0.3) is 0 Å². The molecule has 0 spiro atoms. The molecule has 2 aliphatic rings. The number of anilines is 2. The summed E-state index contributed by atoms with van der Waals surface area (Å²) in [7, 11) is 1.79. The van der Waals surface area contributed by atoms with E-state index < -0.39 is 0 Å². The number of carbonyl (C=O) groups is 2. The lowest BCUT2D eigenvalue weighted by Gasteiger charge is -2.21. The minimum Gasteiger partial charge on any atom is -0.485 e. The van der Waals surface area contributed by atoms with Gasteiger partial charge in [-0.1, -0.05) is 17.3 Å². The summed E-state index contributed by atoms with van der Waals surface area (Å²) >= 11 is 0. The lowest BCUT2D eigenvalue weighted by atomic mass is 10.2. The fraction of sp³-hybridized carbons (Fsp3) is 0.379. The average molecular weight is 558 g/mol. The second-order valence-electron chi connectivity index (χ2n) is 10.3. The Kier molecular flexibility index (Phi) is 7.61. The van der Waals surface area contributed by atoms with Crippen LogP contribution in [0.25, 0.3) is 5.69 Å². The van der Waals surface area contributed by atoms with Crippen molar-refractivity contribution < 1.29 is 23.7 Å². The number of nitrogens with zero attached hydrogens (tertiary/aromatic N) is 7. The highest BCUT2D eigenvalue weighted by Crippen LogP contribution is 2.30. The molecule has 41 heavy (non-hydrogen) atoms. The first-order chi connectivity index (χ1) is 20.0. The highest BCUT2D eigenvalue weighted by atomic mass is 16.5. The molecule has 0 atom stereocenters. The van der Waals surface area contributed by atoms with Gasteiger partial charge in [0.15, 0.2) is 18.5 Å². The molecule has 12 heteroatoms. The molecule has 2 aromatic carbocycles. The minimum absolute atomic E-state index is 0.0565. The number of amides is 2. The first kappa shape index (κ1) is 26.5. The maximum atomic E-state index is 12.7. The third-order valence-electron chi connectivity index (χ3n) is 7.39. The van der Waals surface area contributed by atoms with Crippen molar-refractivity contribution in [1.29, 1.82) is 0 Å². The zero-order valence-electron chi connectivity index (χ0n) is 23.0. The molecule has 2 aromatic heterocycles. The monoisotopic (exact) mass is 557 g/mol. The molecule has 212 valence electrons. The van der Waals surface area contributed by atoms with E-state index in [-0.39, 0.29) is 25.0 Å². The fourth-order valence-electron chi connectivity index (χ4n) is 5.06. The van der Waals surface area contributed by atoms with Crippen LogP contribution in [0.3, 0.4) is 0 Å². The molecule has 0 unspecified atom stereocenters. The third kappa shape index (κ3) is 5.91. The van der Waals surface area contributed by atoms with Gasteiger partial charge in [0.05, 0.1) is 28.5 Å². The lowest BCUT2D eigenvalue weighted by molar-refractivity contribution is -0.661. The maximum absolute atomic E-state index is 12.7. The van der Waals surface area contributed by atoms with E-state index in [2.05, 4.69) is 15.6 Å². The second-order valence-corrected chi connectivity index (χ2v) is 10.3. The van der Waals surface area contributed by atoms with E-state index in [9.17, 15) is 9.59 Å². The summed E-state index contributed by atoms with van der Waals surface area (Å²) in [6, 6.07) is 13.2. The zero-order valence-corrected chi connectivity index (χ0v) is 23.0. The normalized spacial score (nSPS) is 16.6. The molecule has 0 bridgehead atoms. The highest BCUT2D eigenvalue weighted by molar-refractivity contribution is 5.94. The Morgan fingerprint density at radius 2 is 1.66 bits per heavy atom. The molecule has 0 saturated carbocycles. The number of benzene rings is 2. The van der Waals surface area contributed by atoms with Crippen molar-refractivity contribution in [2.45, 2.75) is 64.8 Å². The largest absolute Gasteiger partial charge is 0.485 e. The third-order valence-corrected chi connectivity index (χ3v) is 7.39. The minimum atomic E-state index is -0.0697. The number of aromatic nitrogens is 6. The Morgan fingerprint density at radius 3 is 2.56 bits per heavy atom. The van der Waals surface area contributed by atoms with Gasteiger partial charge in [-0.2, -0.15) is 0 Å². The number of ether oxygens (including phenoxy) is 2. The Labute approximate surface area is 237 Å². The van der Waals surface area contributed by atoms with Gasteiger partial charge in [-0.15, -0.1) is 14.5 Å². The van der Waals surface area contributed by atoms with Gasteiger partial charge in [0.2, 0.25) is 17.5 Å². The number of nitrogens with one attached hydrogen (secondary N) is 1. The predicted molar refractivity (Wildman–Crippen MR) is 149 cm³/mol. The molecule has 4 aromatic rings. The molecule has 12 nitrogen and oxygen atoms in total. The predicted octanol–water partition coefficient (Wildman–Crippen LogP) is 3.18. The molecule has 0 saturated heterocycles. The smallest absolute Gasteiger partial charge is 0.226 e. The first-order valence-electron chi connectivity index (χ1n) is 14.0. The number of hydrogen-bond acceptors (Lipinski definition) is 7. The summed E-state index contributed by atoms with van der Waals surface area (Å²) < 4.78 is 17.8. The molecule has 0 radical (unpaired) electrons. The van der Waals surface area contributed by atoms with Crippen molar-refractivity contribution in [3.05, 3.63) is 66.2 Å². The fourth-order valence-corrected chi connectivity index (χ4v) is 5.06. The van der Waals surface area contributed by atoms with E-state index in [0.29, 0.717) is 43.1 Å². The molecule has 6 rings (SSSR count). The van der Waals surface area contributed by atoms with Gasteiger partial charge in [-0.25, -0.2) is 4.68 Å². The van der Waals surface area contributed by atoms with Crippen LogP contribution >= 0.6 is 0 Å². The number of fused-ring (bicyclic) bond motifs is 4. The molecule has 0 fully saturated rings. The summed E-state index contributed by atoms with van der Waals surface area (Å²) in [5.74, 6) is 1.18. The first-order valence-corrected chi connectivity index (χ1v) is 14.0. The summed E-state index contributed by atoms with van der Waals surface area (Å²) in [5, 5.41) is 16.0. The Hall–Kier alpha value is -4.74. The number of rotatable bonds is 1. The van der Waals surface area contributed by atoms with Crippen molar-refractivity contribution >= 4 is 23.2 Å². The number of aryl methyl sites for hydroxylation is 2. The van der Waals surface area contributed by atoms with Crippen LogP contribution in [0.4, 0.5) is 11.4 Å². The van der Waals surface area contributed by atoms with Crippen molar-refractivity contribution in [3.63, 3.8) is 0 Å². The zero-order chi connectivity index (χ0) is 28.2.